The number of benzene rings is 2. The Labute approximate surface area is 202 Å². The van der Waals surface area contributed by atoms with Crippen molar-refractivity contribution < 1.29 is 23.4 Å². The first-order valence-corrected chi connectivity index (χ1v) is 12.6. The molecule has 0 aromatic heterocycles. The number of rotatable bonds is 7. The Balaban J connectivity index is 1.45. The molecule has 1 saturated carbocycles. The highest BCUT2D eigenvalue weighted by Crippen LogP contribution is 2.47. The van der Waals surface area contributed by atoms with Crippen molar-refractivity contribution in [2.24, 2.45) is 5.92 Å². The predicted molar refractivity (Wildman–Crippen MR) is 131 cm³/mol. The first-order valence-electron chi connectivity index (χ1n) is 12.6. The number of hydrogen-bond acceptors (Lipinski definition) is 4. The van der Waals surface area contributed by atoms with Crippen LogP contribution in [0.2, 0.25) is 0 Å². The second kappa shape index (κ2) is 10.6. The van der Waals surface area contributed by atoms with Gasteiger partial charge in [-0.2, -0.15) is 0 Å². The molecule has 0 bridgehead atoms. The number of aryl methyl sites for hydroxylation is 1. The van der Waals surface area contributed by atoms with Gasteiger partial charge in [-0.15, -0.1) is 0 Å². The molecule has 34 heavy (non-hydrogen) atoms. The molecule has 0 N–H and O–H groups in total. The number of hydrogen-bond donors (Lipinski definition) is 0. The summed E-state index contributed by atoms with van der Waals surface area (Å²) in [7, 11) is 0. The number of ether oxygens (including phenoxy) is 3. The zero-order valence-electron chi connectivity index (χ0n) is 20.8. The van der Waals surface area contributed by atoms with Crippen LogP contribution in [0.15, 0.2) is 42.5 Å². The van der Waals surface area contributed by atoms with Gasteiger partial charge in [-0.05, 0) is 94.8 Å². The minimum absolute atomic E-state index is 0.00872. The number of Topliss-reactive ketones (excluding diaryl/α,β-unsaturated/α-hetero) is 1. The fraction of sp³-hybridized carbons (Fsp3) is 0.552. The summed E-state index contributed by atoms with van der Waals surface area (Å²) >= 11 is 0. The van der Waals surface area contributed by atoms with Crippen LogP contribution in [0.3, 0.4) is 0 Å². The van der Waals surface area contributed by atoms with Crippen molar-refractivity contribution in [1.82, 2.24) is 0 Å². The first-order chi connectivity index (χ1) is 16.3. The summed E-state index contributed by atoms with van der Waals surface area (Å²) < 4.78 is 32.4. The van der Waals surface area contributed by atoms with Crippen LogP contribution < -0.4 is 4.74 Å². The Hall–Kier alpha value is -2.24. The van der Waals surface area contributed by atoms with E-state index in [-0.39, 0.29) is 41.4 Å². The Morgan fingerprint density at radius 2 is 1.94 bits per heavy atom. The molecule has 5 heteroatoms. The van der Waals surface area contributed by atoms with Crippen molar-refractivity contribution in [1.29, 1.82) is 0 Å². The van der Waals surface area contributed by atoms with Crippen LogP contribution in [0.1, 0.15) is 86.9 Å². The molecule has 1 spiro atoms. The van der Waals surface area contributed by atoms with Gasteiger partial charge in [0, 0.05) is 30.9 Å². The SMILES string of the molecule is CCOC1CC(c2cccc(F)c2)OC2(CCC(C(=O)c3ccc(OC(C)C)c(C)c3)CC2)C1. The van der Waals surface area contributed by atoms with E-state index < -0.39 is 0 Å². The molecule has 2 aliphatic rings. The molecule has 4 nitrogen and oxygen atoms in total. The van der Waals surface area contributed by atoms with Crippen LogP contribution in [0.4, 0.5) is 4.39 Å². The number of halogens is 1. The lowest BCUT2D eigenvalue weighted by molar-refractivity contribution is -0.189. The van der Waals surface area contributed by atoms with Gasteiger partial charge < -0.3 is 14.2 Å². The van der Waals surface area contributed by atoms with E-state index in [4.69, 9.17) is 14.2 Å². The molecule has 0 amide bonds. The largest absolute Gasteiger partial charge is 0.491 e. The van der Waals surface area contributed by atoms with Gasteiger partial charge in [0.15, 0.2) is 5.78 Å². The summed E-state index contributed by atoms with van der Waals surface area (Å²) in [6, 6.07) is 12.4. The van der Waals surface area contributed by atoms with E-state index in [0.29, 0.717) is 6.61 Å². The fourth-order valence-electron chi connectivity index (χ4n) is 5.56. The number of carbonyl (C=O) groups is 1. The van der Waals surface area contributed by atoms with Crippen LogP contribution in [0.25, 0.3) is 0 Å². The van der Waals surface area contributed by atoms with Gasteiger partial charge in [-0.1, -0.05) is 12.1 Å². The molecular formula is C29H37FO4. The third-order valence-corrected chi connectivity index (χ3v) is 7.18. The molecule has 1 aliphatic heterocycles. The molecule has 4 rings (SSSR count). The summed E-state index contributed by atoms with van der Waals surface area (Å²) in [5.74, 6) is 0.775. The molecule has 1 saturated heterocycles. The molecule has 184 valence electrons. The van der Waals surface area contributed by atoms with Gasteiger partial charge in [0.05, 0.1) is 23.9 Å². The maximum Gasteiger partial charge on any atom is 0.165 e. The van der Waals surface area contributed by atoms with Crippen LogP contribution >= 0.6 is 0 Å². The number of carbonyl (C=O) groups excluding carboxylic acids is 1. The highest BCUT2D eigenvalue weighted by atomic mass is 19.1. The standard InChI is InChI=1S/C29H37FO4/c1-5-32-25-17-27(22-7-6-8-24(30)16-22)34-29(18-25)13-11-21(12-14-29)28(31)23-9-10-26(20(4)15-23)33-19(2)3/h6-10,15-16,19,21,25,27H,5,11-14,17-18H2,1-4H3. The van der Waals surface area contributed by atoms with Gasteiger partial charge in [0.1, 0.15) is 11.6 Å². The van der Waals surface area contributed by atoms with Crippen molar-refractivity contribution in [3.63, 3.8) is 0 Å². The van der Waals surface area contributed by atoms with Crippen LogP contribution in [0, 0.1) is 18.7 Å². The van der Waals surface area contributed by atoms with Gasteiger partial charge in [0.25, 0.3) is 0 Å². The Morgan fingerprint density at radius 1 is 1.18 bits per heavy atom. The summed E-state index contributed by atoms with van der Waals surface area (Å²) in [6.07, 6.45) is 4.74. The van der Waals surface area contributed by atoms with Crippen LogP contribution in [-0.2, 0) is 9.47 Å². The lowest BCUT2D eigenvalue weighted by Crippen LogP contribution is -2.47. The van der Waals surface area contributed by atoms with E-state index in [1.807, 2.05) is 52.0 Å². The summed E-state index contributed by atoms with van der Waals surface area (Å²) in [5.41, 5.74) is 2.28. The Morgan fingerprint density at radius 3 is 2.59 bits per heavy atom. The summed E-state index contributed by atoms with van der Waals surface area (Å²) in [5, 5.41) is 0. The van der Waals surface area contributed by atoms with E-state index >= 15 is 0 Å². The fourth-order valence-corrected chi connectivity index (χ4v) is 5.56. The number of ketones is 1. The molecule has 2 unspecified atom stereocenters. The minimum Gasteiger partial charge on any atom is -0.491 e. The Kier molecular flexibility index (Phi) is 7.73. The zero-order chi connectivity index (χ0) is 24.3. The molecule has 0 radical (unpaired) electrons. The molecule has 1 aliphatic carbocycles. The molecule has 2 aromatic rings. The predicted octanol–water partition coefficient (Wildman–Crippen LogP) is 6.99. The van der Waals surface area contributed by atoms with Crippen LogP contribution in [0.5, 0.6) is 5.75 Å². The van der Waals surface area contributed by atoms with E-state index in [2.05, 4.69) is 0 Å². The second-order valence-corrected chi connectivity index (χ2v) is 10.1. The van der Waals surface area contributed by atoms with E-state index in [9.17, 15) is 9.18 Å². The molecular weight excluding hydrogens is 431 g/mol. The minimum atomic E-state index is -0.323. The molecule has 1 heterocycles. The van der Waals surface area contributed by atoms with Gasteiger partial charge in [-0.3, -0.25) is 4.79 Å². The van der Waals surface area contributed by atoms with Gasteiger partial charge >= 0.3 is 0 Å². The highest BCUT2D eigenvalue weighted by Gasteiger charge is 2.45. The third kappa shape index (κ3) is 5.69. The maximum absolute atomic E-state index is 13.9. The van der Waals surface area contributed by atoms with Crippen molar-refractivity contribution in [3.8, 4) is 5.75 Å². The topological polar surface area (TPSA) is 44.8 Å². The second-order valence-electron chi connectivity index (χ2n) is 10.1. The van der Waals surface area contributed by atoms with E-state index in [1.54, 1.807) is 12.1 Å². The molecule has 2 atom stereocenters. The Bertz CT molecular complexity index is 993. The smallest absolute Gasteiger partial charge is 0.165 e. The first kappa shape index (κ1) is 24.9. The van der Waals surface area contributed by atoms with Crippen molar-refractivity contribution in [3.05, 3.63) is 65.0 Å². The van der Waals surface area contributed by atoms with E-state index in [0.717, 1.165) is 61.0 Å². The summed E-state index contributed by atoms with van der Waals surface area (Å²) in [4.78, 5) is 13.3. The zero-order valence-corrected chi connectivity index (χ0v) is 20.8. The van der Waals surface area contributed by atoms with Crippen LogP contribution in [-0.4, -0.2) is 30.2 Å². The molecule has 2 aromatic carbocycles. The average Bonchev–Trinajstić information content (AvgIpc) is 2.80. The monoisotopic (exact) mass is 468 g/mol. The highest BCUT2D eigenvalue weighted by molar-refractivity contribution is 5.98. The van der Waals surface area contributed by atoms with Crippen molar-refractivity contribution in [2.75, 3.05) is 6.61 Å². The normalized spacial score (nSPS) is 27.2. The third-order valence-electron chi connectivity index (χ3n) is 7.18. The van der Waals surface area contributed by atoms with Crippen molar-refractivity contribution >= 4 is 5.78 Å². The van der Waals surface area contributed by atoms with Gasteiger partial charge in [-0.25, -0.2) is 4.39 Å². The van der Waals surface area contributed by atoms with Crippen molar-refractivity contribution in [2.45, 2.75) is 90.1 Å². The quantitative estimate of drug-likeness (QED) is 0.411. The molecule has 2 fully saturated rings. The lowest BCUT2D eigenvalue weighted by Gasteiger charge is -2.48. The maximum atomic E-state index is 13.9. The lowest BCUT2D eigenvalue weighted by atomic mass is 9.72. The van der Waals surface area contributed by atoms with E-state index in [1.165, 1.54) is 6.07 Å². The average molecular weight is 469 g/mol. The van der Waals surface area contributed by atoms with Gasteiger partial charge in [0.2, 0.25) is 0 Å². The summed E-state index contributed by atoms with van der Waals surface area (Å²) in [6.45, 7) is 8.64.